The molecule has 6 nitrogen and oxygen atoms in total. The molecule has 0 aliphatic carbocycles. The Balaban J connectivity index is 1.46. The van der Waals surface area contributed by atoms with Crippen LogP contribution in [0.3, 0.4) is 0 Å². The summed E-state index contributed by atoms with van der Waals surface area (Å²) in [5.41, 5.74) is 1.41. The number of fused-ring (bicyclic) bond motifs is 1. The molecule has 1 fully saturated rings. The summed E-state index contributed by atoms with van der Waals surface area (Å²) < 4.78 is 2.90. The van der Waals surface area contributed by atoms with E-state index in [0.717, 1.165) is 41.3 Å². The van der Waals surface area contributed by atoms with Crippen LogP contribution in [0.5, 0.6) is 0 Å². The average molecular weight is 397 g/mol. The van der Waals surface area contributed by atoms with Gasteiger partial charge in [-0.2, -0.15) is 0 Å². The van der Waals surface area contributed by atoms with E-state index >= 15 is 0 Å². The van der Waals surface area contributed by atoms with Crippen LogP contribution in [-0.2, 0) is 4.79 Å². The summed E-state index contributed by atoms with van der Waals surface area (Å²) in [5, 5.41) is 3.72. The Morgan fingerprint density at radius 3 is 2.54 bits per heavy atom. The number of hydrogen-bond donors (Lipinski definition) is 1. The van der Waals surface area contributed by atoms with Gasteiger partial charge >= 0.3 is 0 Å². The summed E-state index contributed by atoms with van der Waals surface area (Å²) in [7, 11) is 0. The van der Waals surface area contributed by atoms with Gasteiger partial charge in [0.25, 0.3) is 5.91 Å². The Morgan fingerprint density at radius 1 is 1.11 bits per heavy atom. The first-order chi connectivity index (χ1) is 13.6. The van der Waals surface area contributed by atoms with Gasteiger partial charge in [-0.25, -0.2) is 4.98 Å². The summed E-state index contributed by atoms with van der Waals surface area (Å²) in [5.74, 6) is -0.225. The molecule has 28 heavy (non-hydrogen) atoms. The highest BCUT2D eigenvalue weighted by molar-refractivity contribution is 7.20. The van der Waals surface area contributed by atoms with Crippen LogP contribution in [-0.4, -0.2) is 45.4 Å². The average Bonchev–Trinajstić information content (AvgIpc) is 3.30. The van der Waals surface area contributed by atoms with Crippen molar-refractivity contribution in [2.45, 2.75) is 38.6 Å². The van der Waals surface area contributed by atoms with Crippen LogP contribution in [0.15, 0.2) is 42.7 Å². The van der Waals surface area contributed by atoms with Crippen LogP contribution in [0, 0.1) is 0 Å². The van der Waals surface area contributed by atoms with Crippen molar-refractivity contribution in [1.82, 2.24) is 19.8 Å². The Labute approximate surface area is 168 Å². The minimum atomic E-state index is -0.529. The van der Waals surface area contributed by atoms with E-state index in [1.807, 2.05) is 46.1 Å². The number of rotatable bonds is 4. The molecule has 1 aliphatic rings. The highest BCUT2D eigenvalue weighted by Crippen LogP contribution is 2.26. The zero-order valence-electron chi connectivity index (χ0n) is 15.9. The number of benzene rings is 1. The van der Waals surface area contributed by atoms with E-state index in [1.54, 1.807) is 13.0 Å². The molecule has 3 heterocycles. The zero-order valence-corrected chi connectivity index (χ0v) is 16.7. The van der Waals surface area contributed by atoms with Crippen molar-refractivity contribution in [3.63, 3.8) is 0 Å². The first-order valence-corrected chi connectivity index (χ1v) is 10.6. The van der Waals surface area contributed by atoms with E-state index in [-0.39, 0.29) is 11.8 Å². The zero-order chi connectivity index (χ0) is 19.5. The molecule has 2 amide bonds. The van der Waals surface area contributed by atoms with Gasteiger partial charge in [-0.15, -0.1) is 0 Å². The second kappa shape index (κ2) is 8.14. The standard InChI is InChI=1S/C21H24N4O2S/c1-15(20(27)24-10-4-2-3-5-11-24)22-19(26)16-8-9-17-18(14-16)28-21(23-17)25-12-6-7-13-25/h6-9,12-15H,2-5,10-11H2,1H3,(H,22,26)/t15-/m0/s1. The fourth-order valence-corrected chi connectivity index (χ4v) is 4.50. The minimum absolute atomic E-state index is 0.00372. The third kappa shape index (κ3) is 3.94. The number of thiazole rings is 1. The van der Waals surface area contributed by atoms with Crippen molar-refractivity contribution in [2.75, 3.05) is 13.1 Å². The van der Waals surface area contributed by atoms with Crippen molar-refractivity contribution in [1.29, 1.82) is 0 Å². The summed E-state index contributed by atoms with van der Waals surface area (Å²) in [6, 6.07) is 8.84. The van der Waals surface area contributed by atoms with Crippen molar-refractivity contribution < 1.29 is 9.59 Å². The van der Waals surface area contributed by atoms with Gasteiger partial charge in [0.15, 0.2) is 5.13 Å². The molecule has 1 N–H and O–H groups in total. The number of amides is 2. The number of hydrogen-bond acceptors (Lipinski definition) is 4. The fraction of sp³-hybridized carbons (Fsp3) is 0.381. The third-order valence-electron chi connectivity index (χ3n) is 5.10. The van der Waals surface area contributed by atoms with Crippen LogP contribution in [0.25, 0.3) is 15.3 Å². The van der Waals surface area contributed by atoms with Gasteiger partial charge in [-0.05, 0) is 50.1 Å². The number of aromatic nitrogens is 2. The largest absolute Gasteiger partial charge is 0.341 e. The quantitative estimate of drug-likeness (QED) is 0.733. The SMILES string of the molecule is C[C@H](NC(=O)c1ccc2nc(-n3cccc3)sc2c1)C(=O)N1CCCCCC1. The highest BCUT2D eigenvalue weighted by Gasteiger charge is 2.23. The summed E-state index contributed by atoms with van der Waals surface area (Å²) >= 11 is 1.53. The predicted octanol–water partition coefficient (Wildman–Crippen LogP) is 3.61. The lowest BCUT2D eigenvalue weighted by Crippen LogP contribution is -2.47. The Kier molecular flexibility index (Phi) is 5.43. The minimum Gasteiger partial charge on any atom is -0.341 e. The van der Waals surface area contributed by atoms with Crippen molar-refractivity contribution >= 4 is 33.4 Å². The molecule has 3 aromatic rings. The second-order valence-corrected chi connectivity index (χ2v) is 8.21. The van der Waals surface area contributed by atoms with Gasteiger partial charge in [0.1, 0.15) is 6.04 Å². The smallest absolute Gasteiger partial charge is 0.251 e. The monoisotopic (exact) mass is 396 g/mol. The molecule has 0 bridgehead atoms. The molecule has 7 heteroatoms. The van der Waals surface area contributed by atoms with Crippen molar-refractivity contribution in [3.05, 3.63) is 48.3 Å². The van der Waals surface area contributed by atoms with E-state index < -0.39 is 6.04 Å². The topological polar surface area (TPSA) is 67.2 Å². The van der Waals surface area contributed by atoms with Crippen LogP contribution < -0.4 is 5.32 Å². The predicted molar refractivity (Wildman–Crippen MR) is 111 cm³/mol. The number of nitrogens with one attached hydrogen (secondary N) is 1. The molecule has 1 atom stereocenters. The van der Waals surface area contributed by atoms with Gasteiger partial charge < -0.3 is 14.8 Å². The molecule has 4 rings (SSSR count). The summed E-state index contributed by atoms with van der Waals surface area (Å²) in [6.07, 6.45) is 8.31. The van der Waals surface area contributed by atoms with Gasteiger partial charge in [0, 0.05) is 31.0 Å². The fourth-order valence-electron chi connectivity index (χ4n) is 3.53. The lowest BCUT2D eigenvalue weighted by Gasteiger charge is -2.24. The Hall–Kier alpha value is -2.67. The second-order valence-electron chi connectivity index (χ2n) is 7.20. The van der Waals surface area contributed by atoms with Gasteiger partial charge in [-0.3, -0.25) is 9.59 Å². The maximum absolute atomic E-state index is 12.7. The Bertz CT molecular complexity index is 972. The van der Waals surface area contributed by atoms with Gasteiger partial charge in [-0.1, -0.05) is 24.2 Å². The molecule has 0 radical (unpaired) electrons. The molecule has 1 aliphatic heterocycles. The molecule has 0 saturated carbocycles. The van der Waals surface area contributed by atoms with Crippen LogP contribution in [0.2, 0.25) is 0 Å². The molecule has 146 valence electrons. The number of nitrogens with zero attached hydrogens (tertiary/aromatic N) is 3. The molecular formula is C21H24N4O2S. The first kappa shape index (κ1) is 18.7. The van der Waals surface area contributed by atoms with Crippen LogP contribution >= 0.6 is 11.3 Å². The summed E-state index contributed by atoms with van der Waals surface area (Å²) in [6.45, 7) is 3.34. The van der Waals surface area contributed by atoms with Gasteiger partial charge in [0.05, 0.1) is 10.2 Å². The van der Waals surface area contributed by atoms with E-state index in [9.17, 15) is 9.59 Å². The maximum Gasteiger partial charge on any atom is 0.251 e. The molecule has 0 unspecified atom stereocenters. The van der Waals surface area contributed by atoms with E-state index in [2.05, 4.69) is 10.3 Å². The molecule has 0 spiro atoms. The van der Waals surface area contributed by atoms with Crippen molar-refractivity contribution in [2.24, 2.45) is 0 Å². The van der Waals surface area contributed by atoms with Crippen molar-refractivity contribution in [3.8, 4) is 5.13 Å². The number of carbonyl (C=O) groups is 2. The molecule has 1 aromatic carbocycles. The van der Waals surface area contributed by atoms with E-state index in [4.69, 9.17) is 0 Å². The number of carbonyl (C=O) groups excluding carboxylic acids is 2. The Morgan fingerprint density at radius 2 is 1.82 bits per heavy atom. The van der Waals surface area contributed by atoms with E-state index in [0.29, 0.717) is 5.56 Å². The van der Waals surface area contributed by atoms with Gasteiger partial charge in [0.2, 0.25) is 5.91 Å². The maximum atomic E-state index is 12.7. The lowest BCUT2D eigenvalue weighted by atomic mass is 10.2. The molecule has 1 saturated heterocycles. The third-order valence-corrected chi connectivity index (χ3v) is 6.13. The normalized spacial score (nSPS) is 16.0. The van der Waals surface area contributed by atoms with Crippen LogP contribution in [0.4, 0.5) is 0 Å². The number of likely N-dealkylation sites (tertiary alicyclic amines) is 1. The summed E-state index contributed by atoms with van der Waals surface area (Å²) in [4.78, 5) is 31.8. The van der Waals surface area contributed by atoms with E-state index in [1.165, 1.54) is 24.2 Å². The lowest BCUT2D eigenvalue weighted by molar-refractivity contribution is -0.132. The first-order valence-electron chi connectivity index (χ1n) is 9.75. The molecular weight excluding hydrogens is 372 g/mol. The highest BCUT2D eigenvalue weighted by atomic mass is 32.1. The molecule has 2 aromatic heterocycles. The van der Waals surface area contributed by atoms with Crippen LogP contribution in [0.1, 0.15) is 43.0 Å².